The first-order valence-electron chi connectivity index (χ1n) is 10.4. The minimum absolute atomic E-state index is 0.250. The highest BCUT2D eigenvalue weighted by Crippen LogP contribution is 2.37. The number of benzene rings is 3. The molecule has 0 saturated heterocycles. The van der Waals surface area contributed by atoms with Crippen molar-refractivity contribution in [2.45, 2.75) is 46.6 Å². The summed E-state index contributed by atoms with van der Waals surface area (Å²) in [4.78, 5) is 13.0. The fourth-order valence-electron chi connectivity index (χ4n) is 3.60. The summed E-state index contributed by atoms with van der Waals surface area (Å²) in [6.45, 7) is 9.43. The molecule has 4 nitrogen and oxygen atoms in total. The van der Waals surface area contributed by atoms with Crippen LogP contribution in [0.5, 0.6) is 0 Å². The first-order valence-corrected chi connectivity index (χ1v) is 10.4. The minimum atomic E-state index is -0.500. The topological polar surface area (TPSA) is 70.4 Å². The van der Waals surface area contributed by atoms with E-state index in [1.165, 1.54) is 38.4 Å². The summed E-state index contributed by atoms with van der Waals surface area (Å²) in [5, 5.41) is 19.2. The molecule has 0 saturated carbocycles. The molecular formula is C27H31NO3. The Morgan fingerprint density at radius 2 is 1.55 bits per heavy atom. The number of hydrogen-bond acceptors (Lipinski definition) is 3. The molecule has 0 bridgehead atoms. The van der Waals surface area contributed by atoms with Crippen molar-refractivity contribution in [1.82, 2.24) is 4.98 Å². The maximum Gasteiger partial charge on any atom is 0.290 e. The summed E-state index contributed by atoms with van der Waals surface area (Å²) in [6, 6.07) is 21.6. The SMILES string of the molecule is CC(C)(C)O.CCc1c(C)cc2ccccc2c1-c1cccc2cccnc12.O=CO. The van der Waals surface area contributed by atoms with Gasteiger partial charge >= 0.3 is 0 Å². The lowest BCUT2D eigenvalue weighted by molar-refractivity contribution is -0.122. The molecule has 0 spiro atoms. The fraction of sp³-hybridized carbons (Fsp3) is 0.259. The van der Waals surface area contributed by atoms with E-state index in [9.17, 15) is 0 Å². The molecule has 4 aromatic rings. The molecule has 4 heteroatoms. The second-order valence-corrected chi connectivity index (χ2v) is 8.28. The maximum absolute atomic E-state index is 8.52. The largest absolute Gasteiger partial charge is 0.483 e. The van der Waals surface area contributed by atoms with Crippen molar-refractivity contribution < 1.29 is 15.0 Å². The standard InChI is InChI=1S/C22H19N.C4H10O.CH2O2/c1-3-18-15(2)14-17-8-4-5-11-19(17)21(18)20-12-6-9-16-10-7-13-23-22(16)20;1-4(2,3)5;2-1-3/h4-14H,3H2,1-2H3;5H,1-3H3;1H,(H,2,3). The Balaban J connectivity index is 0.000000371. The highest BCUT2D eigenvalue weighted by molar-refractivity contribution is 6.05. The Morgan fingerprint density at radius 3 is 2.19 bits per heavy atom. The maximum atomic E-state index is 8.52. The van der Waals surface area contributed by atoms with Gasteiger partial charge in [-0.25, -0.2) is 0 Å². The van der Waals surface area contributed by atoms with Crippen molar-refractivity contribution in [3.05, 3.63) is 78.0 Å². The van der Waals surface area contributed by atoms with Gasteiger partial charge in [0.25, 0.3) is 6.47 Å². The molecule has 31 heavy (non-hydrogen) atoms. The summed E-state index contributed by atoms with van der Waals surface area (Å²) < 4.78 is 0. The van der Waals surface area contributed by atoms with Crippen LogP contribution in [-0.4, -0.2) is 27.3 Å². The van der Waals surface area contributed by atoms with E-state index in [1.54, 1.807) is 20.8 Å². The van der Waals surface area contributed by atoms with Crippen LogP contribution in [0.25, 0.3) is 32.8 Å². The van der Waals surface area contributed by atoms with Gasteiger partial charge in [-0.15, -0.1) is 0 Å². The van der Waals surface area contributed by atoms with Crippen LogP contribution in [0.3, 0.4) is 0 Å². The molecule has 1 aromatic heterocycles. The first-order chi connectivity index (χ1) is 14.7. The predicted octanol–water partition coefficient (Wildman–Crippen LogP) is 6.40. The number of aliphatic hydroxyl groups is 1. The van der Waals surface area contributed by atoms with Gasteiger partial charge in [0.1, 0.15) is 0 Å². The molecule has 0 amide bonds. The number of aryl methyl sites for hydroxylation is 1. The van der Waals surface area contributed by atoms with Gasteiger partial charge in [-0.3, -0.25) is 9.78 Å². The number of hydrogen-bond donors (Lipinski definition) is 2. The minimum Gasteiger partial charge on any atom is -0.483 e. The van der Waals surface area contributed by atoms with Gasteiger partial charge in [-0.2, -0.15) is 0 Å². The molecule has 0 atom stereocenters. The van der Waals surface area contributed by atoms with E-state index in [0.29, 0.717) is 0 Å². The third-order valence-electron chi connectivity index (χ3n) is 4.64. The molecular weight excluding hydrogens is 386 g/mol. The number of carbonyl (C=O) groups is 1. The van der Waals surface area contributed by atoms with E-state index in [1.807, 2.05) is 12.3 Å². The third kappa shape index (κ3) is 6.37. The normalized spacial score (nSPS) is 10.6. The third-order valence-corrected chi connectivity index (χ3v) is 4.64. The average molecular weight is 418 g/mol. The van der Waals surface area contributed by atoms with Gasteiger partial charge in [0, 0.05) is 17.1 Å². The molecule has 0 aliphatic carbocycles. The molecule has 0 fully saturated rings. The number of pyridine rings is 1. The summed E-state index contributed by atoms with van der Waals surface area (Å²) >= 11 is 0. The average Bonchev–Trinajstić information content (AvgIpc) is 2.72. The number of fused-ring (bicyclic) bond motifs is 2. The highest BCUT2D eigenvalue weighted by Gasteiger charge is 2.14. The zero-order valence-electron chi connectivity index (χ0n) is 18.9. The second kappa shape index (κ2) is 10.7. The van der Waals surface area contributed by atoms with Gasteiger partial charge in [0.05, 0.1) is 11.1 Å². The first kappa shape index (κ1) is 24.0. The fourth-order valence-corrected chi connectivity index (χ4v) is 3.60. The summed E-state index contributed by atoms with van der Waals surface area (Å²) in [6.07, 6.45) is 2.91. The van der Waals surface area contributed by atoms with Crippen LogP contribution in [-0.2, 0) is 11.2 Å². The Kier molecular flexibility index (Phi) is 8.29. The van der Waals surface area contributed by atoms with Crippen molar-refractivity contribution >= 4 is 28.1 Å². The molecule has 3 aromatic carbocycles. The summed E-state index contributed by atoms with van der Waals surface area (Å²) in [7, 11) is 0. The Bertz CT molecular complexity index is 1150. The molecule has 0 aliphatic rings. The van der Waals surface area contributed by atoms with Crippen molar-refractivity contribution in [2.75, 3.05) is 0 Å². The highest BCUT2D eigenvalue weighted by atomic mass is 16.3. The molecule has 162 valence electrons. The lowest BCUT2D eigenvalue weighted by Gasteiger charge is -2.16. The van der Waals surface area contributed by atoms with Gasteiger partial charge in [-0.1, -0.05) is 61.5 Å². The van der Waals surface area contributed by atoms with Gasteiger partial charge in [0.2, 0.25) is 0 Å². The van der Waals surface area contributed by atoms with Crippen molar-refractivity contribution in [3.63, 3.8) is 0 Å². The number of rotatable bonds is 2. The van der Waals surface area contributed by atoms with E-state index in [-0.39, 0.29) is 6.47 Å². The molecule has 0 unspecified atom stereocenters. The van der Waals surface area contributed by atoms with Gasteiger partial charge in [-0.05, 0) is 67.6 Å². The van der Waals surface area contributed by atoms with Gasteiger partial charge in [0.15, 0.2) is 0 Å². The van der Waals surface area contributed by atoms with Crippen LogP contribution in [0, 0.1) is 6.92 Å². The zero-order chi connectivity index (χ0) is 23.0. The Hall–Kier alpha value is -3.24. The van der Waals surface area contributed by atoms with Gasteiger partial charge < -0.3 is 10.2 Å². The lowest BCUT2D eigenvalue weighted by atomic mass is 9.88. The summed E-state index contributed by atoms with van der Waals surface area (Å²) in [5.41, 5.74) is 5.93. The van der Waals surface area contributed by atoms with E-state index >= 15 is 0 Å². The smallest absolute Gasteiger partial charge is 0.290 e. The number of aromatic nitrogens is 1. The van der Waals surface area contributed by atoms with Crippen LogP contribution in [0.2, 0.25) is 0 Å². The van der Waals surface area contributed by atoms with Crippen LogP contribution in [0.1, 0.15) is 38.8 Å². The monoisotopic (exact) mass is 417 g/mol. The second-order valence-electron chi connectivity index (χ2n) is 8.28. The molecule has 0 aliphatic heterocycles. The van der Waals surface area contributed by atoms with Crippen LogP contribution >= 0.6 is 0 Å². The molecule has 1 heterocycles. The van der Waals surface area contributed by atoms with E-state index < -0.39 is 5.60 Å². The van der Waals surface area contributed by atoms with E-state index in [4.69, 9.17) is 15.0 Å². The van der Waals surface area contributed by atoms with E-state index in [0.717, 1.165) is 11.9 Å². The molecule has 4 rings (SSSR count). The zero-order valence-corrected chi connectivity index (χ0v) is 18.9. The molecule has 2 N–H and O–H groups in total. The van der Waals surface area contributed by atoms with Crippen molar-refractivity contribution in [2.24, 2.45) is 0 Å². The number of carboxylic acid groups (broad SMARTS) is 1. The molecule has 0 radical (unpaired) electrons. The predicted molar refractivity (Wildman–Crippen MR) is 129 cm³/mol. The van der Waals surface area contributed by atoms with Crippen molar-refractivity contribution in [3.8, 4) is 11.1 Å². The quantitative estimate of drug-likeness (QED) is 0.370. The van der Waals surface area contributed by atoms with Crippen molar-refractivity contribution in [1.29, 1.82) is 0 Å². The summed E-state index contributed by atoms with van der Waals surface area (Å²) in [5.74, 6) is 0. The van der Waals surface area contributed by atoms with Crippen LogP contribution < -0.4 is 0 Å². The van der Waals surface area contributed by atoms with Crippen LogP contribution in [0.4, 0.5) is 0 Å². The Morgan fingerprint density at radius 1 is 0.968 bits per heavy atom. The number of nitrogens with zero attached hydrogens (tertiary/aromatic N) is 1. The Labute approximate surface area is 184 Å². The van der Waals surface area contributed by atoms with Crippen LogP contribution in [0.15, 0.2) is 66.9 Å². The lowest BCUT2D eigenvalue weighted by Crippen LogP contribution is -2.10. The number of para-hydroxylation sites is 1. The van der Waals surface area contributed by atoms with E-state index in [2.05, 4.69) is 73.4 Å².